The Bertz CT molecular complexity index is 682. The number of carbonyl (C=O) groups excluding carboxylic acids is 2. The number of thiophene rings is 1. The van der Waals surface area contributed by atoms with Gasteiger partial charge in [0.1, 0.15) is 10.8 Å². The minimum Gasteiger partial charge on any atom is -0.494 e. The molecular formula is C17H20N2O3S. The van der Waals surface area contributed by atoms with Crippen LogP contribution >= 0.6 is 11.3 Å². The summed E-state index contributed by atoms with van der Waals surface area (Å²) in [7, 11) is 0. The first kappa shape index (κ1) is 17.0. The van der Waals surface area contributed by atoms with Crippen LogP contribution in [0.15, 0.2) is 35.7 Å². The number of unbranched alkanes of at least 4 members (excludes halogenated alkanes) is 2. The van der Waals surface area contributed by atoms with Gasteiger partial charge in [-0.25, -0.2) is 0 Å². The summed E-state index contributed by atoms with van der Waals surface area (Å²) in [6, 6.07) is 8.58. The average Bonchev–Trinajstić information content (AvgIpc) is 3.00. The molecule has 0 aliphatic heterocycles. The van der Waals surface area contributed by atoms with Crippen molar-refractivity contribution in [3.05, 3.63) is 46.8 Å². The predicted molar refractivity (Wildman–Crippen MR) is 92.3 cm³/mol. The summed E-state index contributed by atoms with van der Waals surface area (Å²) < 4.78 is 5.64. The lowest BCUT2D eigenvalue weighted by Gasteiger charge is -2.08. The zero-order chi connectivity index (χ0) is 16.7. The molecular weight excluding hydrogens is 312 g/mol. The maximum atomic E-state index is 12.3. The van der Waals surface area contributed by atoms with Crippen molar-refractivity contribution in [1.29, 1.82) is 0 Å². The molecule has 0 aliphatic carbocycles. The number of rotatable bonds is 8. The third-order valence-electron chi connectivity index (χ3n) is 3.27. The summed E-state index contributed by atoms with van der Waals surface area (Å²) in [5.74, 6) is -0.196. The number of carbonyl (C=O) groups is 2. The van der Waals surface area contributed by atoms with Crippen molar-refractivity contribution in [2.75, 3.05) is 11.9 Å². The molecule has 23 heavy (non-hydrogen) atoms. The van der Waals surface area contributed by atoms with Crippen LogP contribution in [0.1, 0.15) is 46.9 Å². The quantitative estimate of drug-likeness (QED) is 0.724. The standard InChI is InChI=1S/C17H20N2O3S/c1-2-3-4-9-22-13-7-5-6-12(11-13)16(21)19-17-14(15(18)20)8-10-23-17/h5-8,10-11H,2-4,9H2,1H3,(H2,18,20)(H,19,21). The van der Waals surface area contributed by atoms with Crippen LogP contribution in [-0.2, 0) is 0 Å². The van der Waals surface area contributed by atoms with Gasteiger partial charge in [-0.1, -0.05) is 25.8 Å². The topological polar surface area (TPSA) is 81.4 Å². The first-order valence-corrected chi connectivity index (χ1v) is 8.41. The van der Waals surface area contributed by atoms with Gasteiger partial charge in [-0.15, -0.1) is 11.3 Å². The van der Waals surface area contributed by atoms with Gasteiger partial charge in [0.2, 0.25) is 0 Å². The van der Waals surface area contributed by atoms with Gasteiger partial charge in [-0.05, 0) is 36.1 Å². The van der Waals surface area contributed by atoms with Crippen LogP contribution in [0.2, 0.25) is 0 Å². The highest BCUT2D eigenvalue weighted by Gasteiger charge is 2.14. The molecule has 0 bridgehead atoms. The highest BCUT2D eigenvalue weighted by atomic mass is 32.1. The van der Waals surface area contributed by atoms with Crippen LogP contribution in [0.5, 0.6) is 5.75 Å². The fraction of sp³-hybridized carbons (Fsp3) is 0.294. The number of anilines is 1. The Balaban J connectivity index is 2.02. The van der Waals surface area contributed by atoms with E-state index < -0.39 is 5.91 Å². The maximum Gasteiger partial charge on any atom is 0.256 e. The minimum atomic E-state index is -0.561. The van der Waals surface area contributed by atoms with Crippen LogP contribution in [0.3, 0.4) is 0 Å². The van der Waals surface area contributed by atoms with Crippen molar-refractivity contribution in [1.82, 2.24) is 0 Å². The molecule has 6 heteroatoms. The smallest absolute Gasteiger partial charge is 0.256 e. The Hall–Kier alpha value is -2.34. The van der Waals surface area contributed by atoms with E-state index >= 15 is 0 Å². The predicted octanol–water partition coefficient (Wildman–Crippen LogP) is 3.67. The molecule has 0 fully saturated rings. The molecule has 2 aromatic rings. The number of hydrogen-bond donors (Lipinski definition) is 2. The zero-order valence-electron chi connectivity index (χ0n) is 13.0. The molecule has 0 saturated carbocycles. The second-order valence-corrected chi connectivity index (χ2v) is 5.98. The number of nitrogens with two attached hydrogens (primary N) is 1. The largest absolute Gasteiger partial charge is 0.494 e. The van der Waals surface area contributed by atoms with Crippen LogP contribution in [0, 0.1) is 0 Å². The van der Waals surface area contributed by atoms with Gasteiger partial charge in [0.15, 0.2) is 0 Å². The van der Waals surface area contributed by atoms with E-state index in [9.17, 15) is 9.59 Å². The molecule has 1 aromatic carbocycles. The molecule has 2 amide bonds. The highest BCUT2D eigenvalue weighted by molar-refractivity contribution is 7.14. The molecule has 5 nitrogen and oxygen atoms in total. The van der Waals surface area contributed by atoms with E-state index in [0.717, 1.165) is 19.3 Å². The summed E-state index contributed by atoms with van der Waals surface area (Å²) in [6.45, 7) is 2.77. The van der Waals surface area contributed by atoms with Crippen molar-refractivity contribution in [3.63, 3.8) is 0 Å². The van der Waals surface area contributed by atoms with E-state index in [1.807, 2.05) is 6.07 Å². The molecule has 0 saturated heterocycles. The third kappa shape index (κ3) is 4.82. The van der Waals surface area contributed by atoms with E-state index in [4.69, 9.17) is 10.5 Å². The molecule has 122 valence electrons. The number of nitrogens with one attached hydrogen (secondary N) is 1. The van der Waals surface area contributed by atoms with Gasteiger partial charge >= 0.3 is 0 Å². The van der Waals surface area contributed by atoms with Crippen molar-refractivity contribution in [2.45, 2.75) is 26.2 Å². The lowest BCUT2D eigenvalue weighted by atomic mass is 10.2. The number of hydrogen-bond acceptors (Lipinski definition) is 4. The fourth-order valence-corrected chi connectivity index (χ4v) is 2.83. The first-order valence-electron chi connectivity index (χ1n) is 7.53. The van der Waals surface area contributed by atoms with E-state index in [2.05, 4.69) is 12.2 Å². The lowest BCUT2D eigenvalue weighted by Crippen LogP contribution is -2.16. The number of ether oxygens (including phenoxy) is 1. The Morgan fingerprint density at radius 1 is 1.26 bits per heavy atom. The van der Waals surface area contributed by atoms with Crippen LogP contribution in [0.4, 0.5) is 5.00 Å². The van der Waals surface area contributed by atoms with Gasteiger partial charge in [-0.2, -0.15) is 0 Å². The molecule has 1 aromatic heterocycles. The Labute approximate surface area is 139 Å². The summed E-state index contributed by atoms with van der Waals surface area (Å²) >= 11 is 1.26. The molecule has 1 heterocycles. The second-order valence-electron chi connectivity index (χ2n) is 5.07. The van der Waals surface area contributed by atoms with E-state index in [0.29, 0.717) is 28.5 Å². The summed E-state index contributed by atoms with van der Waals surface area (Å²) in [6.07, 6.45) is 3.24. The highest BCUT2D eigenvalue weighted by Crippen LogP contribution is 2.24. The van der Waals surface area contributed by atoms with Crippen molar-refractivity contribution in [3.8, 4) is 5.75 Å². The van der Waals surface area contributed by atoms with Gasteiger partial charge in [0.05, 0.1) is 12.2 Å². The average molecular weight is 332 g/mol. The van der Waals surface area contributed by atoms with E-state index in [1.165, 1.54) is 11.3 Å². The SMILES string of the molecule is CCCCCOc1cccc(C(=O)Nc2sccc2C(N)=O)c1. The summed E-state index contributed by atoms with van der Waals surface area (Å²) in [5, 5.41) is 4.88. The summed E-state index contributed by atoms with van der Waals surface area (Å²) in [4.78, 5) is 23.6. The Kier molecular flexibility index (Phi) is 6.17. The molecule has 0 radical (unpaired) electrons. The number of benzene rings is 1. The Morgan fingerprint density at radius 2 is 2.09 bits per heavy atom. The van der Waals surface area contributed by atoms with Gasteiger partial charge in [-0.3, -0.25) is 9.59 Å². The van der Waals surface area contributed by atoms with Gasteiger partial charge < -0.3 is 15.8 Å². The number of primary amides is 1. The van der Waals surface area contributed by atoms with Gasteiger partial charge in [0, 0.05) is 5.56 Å². The first-order chi connectivity index (χ1) is 11.1. The van der Waals surface area contributed by atoms with Gasteiger partial charge in [0.25, 0.3) is 11.8 Å². The molecule has 0 atom stereocenters. The number of amides is 2. The zero-order valence-corrected chi connectivity index (χ0v) is 13.8. The molecule has 0 aliphatic rings. The van der Waals surface area contributed by atoms with Crippen LogP contribution in [-0.4, -0.2) is 18.4 Å². The van der Waals surface area contributed by atoms with E-state index in [-0.39, 0.29) is 5.91 Å². The fourth-order valence-electron chi connectivity index (χ4n) is 2.04. The molecule has 3 N–H and O–H groups in total. The maximum absolute atomic E-state index is 12.3. The normalized spacial score (nSPS) is 10.3. The second kappa shape index (κ2) is 8.33. The van der Waals surface area contributed by atoms with E-state index in [1.54, 1.807) is 29.6 Å². The third-order valence-corrected chi connectivity index (χ3v) is 4.10. The monoisotopic (exact) mass is 332 g/mol. The van der Waals surface area contributed by atoms with Crippen molar-refractivity contribution in [2.24, 2.45) is 5.73 Å². The summed E-state index contributed by atoms with van der Waals surface area (Å²) in [5.41, 5.74) is 6.06. The molecule has 0 spiro atoms. The Morgan fingerprint density at radius 3 is 2.83 bits per heavy atom. The van der Waals surface area contributed by atoms with Crippen molar-refractivity contribution >= 4 is 28.2 Å². The van der Waals surface area contributed by atoms with Crippen LogP contribution < -0.4 is 15.8 Å². The molecule has 0 unspecified atom stereocenters. The van der Waals surface area contributed by atoms with Crippen LogP contribution in [0.25, 0.3) is 0 Å². The molecule has 2 rings (SSSR count). The van der Waals surface area contributed by atoms with Crippen molar-refractivity contribution < 1.29 is 14.3 Å². The lowest BCUT2D eigenvalue weighted by molar-refractivity contribution is 0.100. The minimum absolute atomic E-state index is 0.297.